The van der Waals surface area contributed by atoms with E-state index in [1.165, 1.54) is 6.07 Å². The number of carboxylic acid groups (broad SMARTS) is 1. The number of hydrogen-bond acceptors (Lipinski definition) is 2. The van der Waals surface area contributed by atoms with Gasteiger partial charge < -0.3 is 10.2 Å². The van der Waals surface area contributed by atoms with Gasteiger partial charge in [0.15, 0.2) is 5.60 Å². The topological polar surface area (TPSA) is 57.5 Å². The third kappa shape index (κ3) is 2.42. The maximum atomic E-state index is 13.2. The highest BCUT2D eigenvalue weighted by atomic mass is 19.4. The number of carbonyl (C=O) groups is 1. The molecule has 3 nitrogen and oxygen atoms in total. The Morgan fingerprint density at radius 3 is 2.62 bits per heavy atom. The lowest BCUT2D eigenvalue weighted by atomic mass is 9.53. The van der Waals surface area contributed by atoms with E-state index in [2.05, 4.69) is 0 Å². The second-order valence-corrected chi connectivity index (χ2v) is 7.16. The van der Waals surface area contributed by atoms with E-state index in [4.69, 9.17) is 5.11 Å². The van der Waals surface area contributed by atoms with E-state index < -0.39 is 23.2 Å². The van der Waals surface area contributed by atoms with Crippen molar-refractivity contribution in [2.24, 2.45) is 5.92 Å². The molecule has 132 valence electrons. The molecule has 1 fully saturated rings. The molecule has 2 aliphatic carbocycles. The number of halogens is 3. The van der Waals surface area contributed by atoms with E-state index in [1.807, 2.05) is 6.92 Å². The molecule has 1 aromatic carbocycles. The fourth-order valence-corrected chi connectivity index (χ4v) is 4.73. The first-order valence-corrected chi connectivity index (χ1v) is 8.29. The molecule has 0 bridgehead atoms. The monoisotopic (exact) mass is 342 g/mol. The van der Waals surface area contributed by atoms with E-state index in [-0.39, 0.29) is 30.7 Å². The lowest BCUT2D eigenvalue weighted by Gasteiger charge is -2.53. The van der Waals surface area contributed by atoms with Gasteiger partial charge in [-0.2, -0.15) is 13.2 Å². The van der Waals surface area contributed by atoms with Crippen LogP contribution in [0.2, 0.25) is 0 Å². The molecule has 0 aliphatic heterocycles. The van der Waals surface area contributed by atoms with E-state index in [0.717, 1.165) is 11.1 Å². The molecular formula is C18H21F3O3. The molecule has 6 heteroatoms. The van der Waals surface area contributed by atoms with Gasteiger partial charge in [0, 0.05) is 0 Å². The van der Waals surface area contributed by atoms with Crippen molar-refractivity contribution in [1.29, 1.82) is 0 Å². The molecule has 3 atom stereocenters. The number of aryl methyl sites for hydroxylation is 1. The molecule has 0 amide bonds. The number of carboxylic acids is 1. The SMILES string of the molecule is CCC12CCC(O)(C(F)(F)F)CC1CCc1cc(C(=O)O)ccc12. The van der Waals surface area contributed by atoms with Crippen molar-refractivity contribution in [3.05, 3.63) is 34.9 Å². The molecule has 0 radical (unpaired) electrons. The van der Waals surface area contributed by atoms with Crippen LogP contribution >= 0.6 is 0 Å². The number of rotatable bonds is 2. The molecule has 3 unspecified atom stereocenters. The summed E-state index contributed by atoms with van der Waals surface area (Å²) in [5.74, 6) is -1.24. The molecule has 3 rings (SSSR count). The van der Waals surface area contributed by atoms with Gasteiger partial charge in [-0.1, -0.05) is 13.0 Å². The summed E-state index contributed by atoms with van der Waals surface area (Å²) < 4.78 is 39.7. The molecule has 0 saturated heterocycles. The smallest absolute Gasteiger partial charge is 0.417 e. The number of benzene rings is 1. The molecule has 0 heterocycles. The fraction of sp³-hybridized carbons (Fsp3) is 0.611. The molecule has 24 heavy (non-hydrogen) atoms. The molecule has 0 spiro atoms. The number of fused-ring (bicyclic) bond motifs is 3. The summed E-state index contributed by atoms with van der Waals surface area (Å²) in [7, 11) is 0. The minimum Gasteiger partial charge on any atom is -0.478 e. The average Bonchev–Trinajstić information content (AvgIpc) is 2.53. The second kappa shape index (κ2) is 5.48. The third-order valence-electron chi connectivity index (χ3n) is 6.16. The number of hydrogen-bond donors (Lipinski definition) is 2. The van der Waals surface area contributed by atoms with Gasteiger partial charge >= 0.3 is 12.1 Å². The van der Waals surface area contributed by atoms with Gasteiger partial charge in [0.1, 0.15) is 0 Å². The van der Waals surface area contributed by atoms with Gasteiger partial charge in [-0.15, -0.1) is 0 Å². The zero-order valence-corrected chi connectivity index (χ0v) is 13.5. The molecule has 1 aromatic rings. The Bertz CT molecular complexity index is 670. The molecule has 2 N–H and O–H groups in total. The molecule has 0 aromatic heterocycles. The van der Waals surface area contributed by atoms with Crippen LogP contribution in [-0.2, 0) is 11.8 Å². The van der Waals surface area contributed by atoms with Crippen molar-refractivity contribution in [1.82, 2.24) is 0 Å². The number of alkyl halides is 3. The first kappa shape index (κ1) is 17.3. The maximum Gasteiger partial charge on any atom is 0.417 e. The first-order valence-electron chi connectivity index (χ1n) is 8.29. The van der Waals surface area contributed by atoms with E-state index in [9.17, 15) is 23.1 Å². The fourth-order valence-electron chi connectivity index (χ4n) is 4.73. The predicted molar refractivity (Wildman–Crippen MR) is 82.0 cm³/mol. The Kier molecular flexibility index (Phi) is 3.94. The summed E-state index contributed by atoms with van der Waals surface area (Å²) >= 11 is 0. The summed E-state index contributed by atoms with van der Waals surface area (Å²) in [6.07, 6.45) is -3.14. The van der Waals surface area contributed by atoms with Gasteiger partial charge in [0.2, 0.25) is 0 Å². The predicted octanol–water partition coefficient (Wildman–Crippen LogP) is 4.07. The Labute approximate surface area is 138 Å². The Hall–Kier alpha value is -1.56. The van der Waals surface area contributed by atoms with Crippen molar-refractivity contribution < 1.29 is 28.2 Å². The van der Waals surface area contributed by atoms with Crippen LogP contribution in [0.1, 0.15) is 60.5 Å². The van der Waals surface area contributed by atoms with Crippen LogP contribution in [0.25, 0.3) is 0 Å². The van der Waals surface area contributed by atoms with Crippen molar-refractivity contribution in [3.63, 3.8) is 0 Å². The van der Waals surface area contributed by atoms with E-state index in [0.29, 0.717) is 19.3 Å². The third-order valence-corrected chi connectivity index (χ3v) is 6.16. The van der Waals surface area contributed by atoms with Crippen LogP contribution in [-0.4, -0.2) is 28.0 Å². The summed E-state index contributed by atoms with van der Waals surface area (Å²) in [5.41, 5.74) is -0.904. The average molecular weight is 342 g/mol. The Morgan fingerprint density at radius 1 is 1.33 bits per heavy atom. The number of aliphatic hydroxyl groups is 1. The zero-order chi connectivity index (χ0) is 17.8. The largest absolute Gasteiger partial charge is 0.478 e. The standard InChI is InChI=1S/C18H21F3O3/c1-2-16-7-8-17(24,18(19,20)21)10-13(16)5-3-11-9-12(15(22)23)4-6-14(11)16/h4,6,9,13,24H,2-3,5,7-8,10H2,1H3,(H,22,23). The lowest BCUT2D eigenvalue weighted by molar-refractivity contribution is -0.279. The highest BCUT2D eigenvalue weighted by Crippen LogP contribution is 2.57. The van der Waals surface area contributed by atoms with Crippen LogP contribution in [0.3, 0.4) is 0 Å². The van der Waals surface area contributed by atoms with Gasteiger partial charge in [-0.3, -0.25) is 0 Å². The van der Waals surface area contributed by atoms with Crippen LogP contribution < -0.4 is 0 Å². The van der Waals surface area contributed by atoms with Gasteiger partial charge in [-0.05, 0) is 73.1 Å². The minimum absolute atomic E-state index is 0.209. The maximum absolute atomic E-state index is 13.2. The molecular weight excluding hydrogens is 321 g/mol. The van der Waals surface area contributed by atoms with Crippen LogP contribution in [0.4, 0.5) is 13.2 Å². The van der Waals surface area contributed by atoms with Gasteiger partial charge in [-0.25, -0.2) is 4.79 Å². The van der Waals surface area contributed by atoms with Crippen LogP contribution in [0.5, 0.6) is 0 Å². The molecule has 1 saturated carbocycles. The highest BCUT2D eigenvalue weighted by Gasteiger charge is 2.60. The van der Waals surface area contributed by atoms with Gasteiger partial charge in [0.25, 0.3) is 0 Å². The minimum atomic E-state index is -4.61. The van der Waals surface area contributed by atoms with Crippen molar-refractivity contribution >= 4 is 5.97 Å². The van der Waals surface area contributed by atoms with Gasteiger partial charge in [0.05, 0.1) is 5.56 Å². The Balaban J connectivity index is 2.01. The normalized spacial score (nSPS) is 32.8. The van der Waals surface area contributed by atoms with E-state index >= 15 is 0 Å². The quantitative estimate of drug-likeness (QED) is 0.852. The van der Waals surface area contributed by atoms with Crippen molar-refractivity contribution in [3.8, 4) is 0 Å². The molecule has 2 aliphatic rings. The summed E-state index contributed by atoms with van der Waals surface area (Å²) in [6, 6.07) is 4.95. The second-order valence-electron chi connectivity index (χ2n) is 7.16. The van der Waals surface area contributed by atoms with Crippen LogP contribution in [0, 0.1) is 5.92 Å². The highest BCUT2D eigenvalue weighted by molar-refractivity contribution is 5.88. The zero-order valence-electron chi connectivity index (χ0n) is 13.5. The summed E-state index contributed by atoms with van der Waals surface area (Å²) in [6.45, 7) is 1.96. The lowest BCUT2D eigenvalue weighted by Crippen LogP contribution is -2.56. The van der Waals surface area contributed by atoms with Crippen molar-refractivity contribution in [2.45, 2.75) is 62.6 Å². The van der Waals surface area contributed by atoms with Crippen molar-refractivity contribution in [2.75, 3.05) is 0 Å². The summed E-state index contributed by atoms with van der Waals surface area (Å²) in [4.78, 5) is 11.2. The number of aromatic carboxylic acids is 1. The Morgan fingerprint density at radius 2 is 2.04 bits per heavy atom. The van der Waals surface area contributed by atoms with Crippen LogP contribution in [0.15, 0.2) is 18.2 Å². The van der Waals surface area contributed by atoms with E-state index in [1.54, 1.807) is 12.1 Å². The first-order chi connectivity index (χ1) is 11.1. The summed E-state index contributed by atoms with van der Waals surface area (Å²) in [5, 5.41) is 19.3.